The lowest BCUT2D eigenvalue weighted by Gasteiger charge is -2.17. The van der Waals surface area contributed by atoms with Crippen molar-refractivity contribution in [3.63, 3.8) is 0 Å². The second-order valence-electron chi connectivity index (χ2n) is 4.70. The van der Waals surface area contributed by atoms with Gasteiger partial charge in [0.1, 0.15) is 0 Å². The fourth-order valence-electron chi connectivity index (χ4n) is 4.15. The van der Waals surface area contributed by atoms with E-state index in [0.717, 1.165) is 6.42 Å². The fraction of sp³-hybridized carbons (Fsp3) is 0.778. The summed E-state index contributed by atoms with van der Waals surface area (Å²) in [4.78, 5) is 22.6. The standard InChI is InChI=1S/C9H12N2O3/c10-7(13)4-2-1-3-5(6(2)12)9(3,4)8(11)14/h2-6,12H,1H2,(H2,10,13)(H2,11,14)/t2-,3-,4+,5+,6+,9+/m1/s1. The van der Waals surface area contributed by atoms with Crippen LogP contribution >= 0.6 is 0 Å². The first-order valence-electron chi connectivity index (χ1n) is 4.80. The molecule has 0 heterocycles. The molecule has 14 heavy (non-hydrogen) atoms. The van der Waals surface area contributed by atoms with E-state index in [2.05, 4.69) is 0 Å². The molecule has 4 fully saturated rings. The minimum Gasteiger partial charge on any atom is -0.392 e. The molecule has 0 spiro atoms. The highest BCUT2D eigenvalue weighted by atomic mass is 16.3. The van der Waals surface area contributed by atoms with E-state index in [1.54, 1.807) is 0 Å². The van der Waals surface area contributed by atoms with Crippen molar-refractivity contribution in [1.82, 2.24) is 0 Å². The third-order valence-electron chi connectivity index (χ3n) is 4.50. The molecule has 4 aliphatic carbocycles. The van der Waals surface area contributed by atoms with Gasteiger partial charge < -0.3 is 16.6 Å². The van der Waals surface area contributed by atoms with Crippen molar-refractivity contribution in [2.24, 2.45) is 40.6 Å². The molecular formula is C9H12N2O3. The van der Waals surface area contributed by atoms with Gasteiger partial charge in [0.25, 0.3) is 0 Å². The summed E-state index contributed by atoms with van der Waals surface area (Å²) in [6.07, 6.45) is 0.174. The maximum absolute atomic E-state index is 11.4. The minimum absolute atomic E-state index is 0.0949. The molecule has 4 aliphatic rings. The molecule has 6 atom stereocenters. The number of hydrogen-bond donors (Lipinski definition) is 3. The highest BCUT2D eigenvalue weighted by Gasteiger charge is 2.87. The lowest BCUT2D eigenvalue weighted by atomic mass is 9.88. The molecule has 0 aromatic heterocycles. The number of rotatable bonds is 2. The van der Waals surface area contributed by atoms with Crippen molar-refractivity contribution in [3.8, 4) is 0 Å². The predicted octanol–water partition coefficient (Wildman–Crippen LogP) is -1.80. The smallest absolute Gasteiger partial charge is 0.225 e. The van der Waals surface area contributed by atoms with Gasteiger partial charge in [-0.25, -0.2) is 0 Å². The Morgan fingerprint density at radius 3 is 2.29 bits per heavy atom. The van der Waals surface area contributed by atoms with E-state index in [9.17, 15) is 14.7 Å². The van der Waals surface area contributed by atoms with Gasteiger partial charge in [-0.15, -0.1) is 0 Å². The van der Waals surface area contributed by atoms with Crippen molar-refractivity contribution >= 4 is 11.8 Å². The van der Waals surface area contributed by atoms with Crippen LogP contribution in [0.5, 0.6) is 0 Å². The summed E-state index contributed by atoms with van der Waals surface area (Å²) in [5.74, 6) is -1.59. The van der Waals surface area contributed by atoms with Gasteiger partial charge in [-0.2, -0.15) is 0 Å². The fourth-order valence-corrected chi connectivity index (χ4v) is 4.15. The van der Waals surface area contributed by atoms with Crippen molar-refractivity contribution in [1.29, 1.82) is 0 Å². The van der Waals surface area contributed by atoms with E-state index in [-0.39, 0.29) is 17.8 Å². The number of aliphatic hydroxyl groups excluding tert-OH is 1. The van der Waals surface area contributed by atoms with Gasteiger partial charge in [-0.3, -0.25) is 9.59 Å². The molecule has 0 aliphatic heterocycles. The van der Waals surface area contributed by atoms with Crippen LogP contribution < -0.4 is 11.5 Å². The Hall–Kier alpha value is -1.10. The second kappa shape index (κ2) is 1.95. The maximum Gasteiger partial charge on any atom is 0.225 e. The van der Waals surface area contributed by atoms with Gasteiger partial charge in [0.15, 0.2) is 0 Å². The third kappa shape index (κ3) is 0.530. The Morgan fingerprint density at radius 1 is 1.36 bits per heavy atom. The molecule has 0 radical (unpaired) electrons. The number of hydrogen-bond acceptors (Lipinski definition) is 3. The Labute approximate surface area is 80.4 Å². The predicted molar refractivity (Wildman–Crippen MR) is 45.4 cm³/mol. The first-order chi connectivity index (χ1) is 6.52. The SMILES string of the molecule is NC(=O)[C@@H]1[C@H]2C[C@@H]3[C@@H]([C@H]2O)[C@]31C(N)=O. The summed E-state index contributed by atoms with van der Waals surface area (Å²) in [5, 5.41) is 9.77. The van der Waals surface area contributed by atoms with E-state index in [1.807, 2.05) is 0 Å². The Kier molecular flexibility index (Phi) is 1.15. The Morgan fingerprint density at radius 2 is 2.00 bits per heavy atom. The summed E-state index contributed by atoms with van der Waals surface area (Å²) < 4.78 is 0. The average Bonchev–Trinajstić information content (AvgIpc) is 2.39. The summed E-state index contributed by atoms with van der Waals surface area (Å²) in [6, 6.07) is 0. The van der Waals surface area contributed by atoms with Crippen LogP contribution in [0.25, 0.3) is 0 Å². The molecule has 5 nitrogen and oxygen atoms in total. The first kappa shape index (κ1) is 8.23. The van der Waals surface area contributed by atoms with Crippen LogP contribution in [0, 0.1) is 29.1 Å². The molecule has 4 rings (SSSR count). The highest BCUT2D eigenvalue weighted by Crippen LogP contribution is 2.81. The lowest BCUT2D eigenvalue weighted by Crippen LogP contribution is -2.39. The van der Waals surface area contributed by atoms with Crippen LogP contribution in [-0.4, -0.2) is 23.0 Å². The van der Waals surface area contributed by atoms with Crippen molar-refractivity contribution < 1.29 is 14.7 Å². The molecule has 2 amide bonds. The molecule has 0 aromatic carbocycles. The normalized spacial score (nSPS) is 57.4. The van der Waals surface area contributed by atoms with Crippen molar-refractivity contribution in [2.75, 3.05) is 0 Å². The highest BCUT2D eigenvalue weighted by molar-refractivity contribution is 5.95. The van der Waals surface area contributed by atoms with E-state index in [0.29, 0.717) is 0 Å². The topological polar surface area (TPSA) is 106 Å². The summed E-state index contributed by atoms with van der Waals surface area (Å²) in [6.45, 7) is 0. The largest absolute Gasteiger partial charge is 0.392 e. The molecule has 0 unspecified atom stereocenters. The average molecular weight is 196 g/mol. The number of primary amides is 2. The molecule has 76 valence electrons. The minimum atomic E-state index is -0.782. The number of carbonyl (C=O) groups excluding carboxylic acids is 2. The summed E-state index contributed by atoms with van der Waals surface area (Å²) >= 11 is 0. The van der Waals surface area contributed by atoms with Crippen LogP contribution in [0.15, 0.2) is 0 Å². The quantitative estimate of drug-likeness (QED) is 0.485. The summed E-state index contributed by atoms with van der Waals surface area (Å²) in [5.41, 5.74) is 9.80. The van der Waals surface area contributed by atoms with Crippen LogP contribution in [0.3, 0.4) is 0 Å². The number of aliphatic hydroxyl groups is 1. The third-order valence-corrected chi connectivity index (χ3v) is 4.50. The second-order valence-corrected chi connectivity index (χ2v) is 4.70. The monoisotopic (exact) mass is 196 g/mol. The molecule has 5 N–H and O–H groups in total. The zero-order valence-corrected chi connectivity index (χ0v) is 7.51. The van der Waals surface area contributed by atoms with Gasteiger partial charge in [-0.1, -0.05) is 0 Å². The maximum atomic E-state index is 11.4. The number of nitrogens with two attached hydrogens (primary N) is 2. The first-order valence-corrected chi connectivity index (χ1v) is 4.80. The molecule has 0 aromatic rings. The van der Waals surface area contributed by atoms with Gasteiger partial charge >= 0.3 is 0 Å². The van der Waals surface area contributed by atoms with E-state index in [1.165, 1.54) is 0 Å². The molecule has 4 saturated carbocycles. The zero-order valence-electron chi connectivity index (χ0n) is 7.51. The molecule has 4 bridgehead atoms. The summed E-state index contributed by atoms with van der Waals surface area (Å²) in [7, 11) is 0. The van der Waals surface area contributed by atoms with E-state index in [4.69, 9.17) is 11.5 Å². The van der Waals surface area contributed by atoms with E-state index >= 15 is 0 Å². The van der Waals surface area contributed by atoms with Crippen LogP contribution in [-0.2, 0) is 9.59 Å². The number of carbonyl (C=O) groups is 2. The molecular weight excluding hydrogens is 184 g/mol. The number of amides is 2. The van der Waals surface area contributed by atoms with E-state index < -0.39 is 29.3 Å². The van der Waals surface area contributed by atoms with Crippen LogP contribution in [0.1, 0.15) is 6.42 Å². The van der Waals surface area contributed by atoms with Gasteiger partial charge in [0.2, 0.25) is 11.8 Å². The Balaban J connectivity index is 2.09. The Bertz CT molecular complexity index is 354. The van der Waals surface area contributed by atoms with Crippen LogP contribution in [0.4, 0.5) is 0 Å². The van der Waals surface area contributed by atoms with Crippen molar-refractivity contribution in [2.45, 2.75) is 12.5 Å². The lowest BCUT2D eigenvalue weighted by molar-refractivity contribution is -0.132. The van der Waals surface area contributed by atoms with Gasteiger partial charge in [0, 0.05) is 5.92 Å². The van der Waals surface area contributed by atoms with Gasteiger partial charge in [0.05, 0.1) is 17.4 Å². The van der Waals surface area contributed by atoms with Gasteiger partial charge in [-0.05, 0) is 18.3 Å². The zero-order chi connectivity index (χ0) is 10.2. The molecule has 5 heteroatoms. The molecule has 0 saturated heterocycles. The van der Waals surface area contributed by atoms with Crippen molar-refractivity contribution in [3.05, 3.63) is 0 Å². The van der Waals surface area contributed by atoms with Crippen LogP contribution in [0.2, 0.25) is 0 Å².